The number of hydrogen-bond donors (Lipinski definition) is 1. The van der Waals surface area contributed by atoms with Gasteiger partial charge in [-0.1, -0.05) is 19.1 Å². The predicted molar refractivity (Wildman–Crippen MR) is 84.8 cm³/mol. The molecule has 1 aromatic carbocycles. The summed E-state index contributed by atoms with van der Waals surface area (Å²) in [4.78, 5) is 6.63. The third-order valence-electron chi connectivity index (χ3n) is 3.66. The molecule has 0 radical (unpaired) electrons. The lowest BCUT2D eigenvalue weighted by Crippen LogP contribution is -2.19. The van der Waals surface area contributed by atoms with Crippen molar-refractivity contribution in [3.63, 3.8) is 0 Å². The van der Waals surface area contributed by atoms with Crippen LogP contribution in [0, 0.1) is 5.82 Å². The Balaban J connectivity index is 2.05. The first-order chi connectivity index (χ1) is 10.1. The monoisotopic (exact) mass is 287 g/mol. The number of rotatable bonds is 6. The minimum Gasteiger partial charge on any atom is -0.369 e. The number of anilines is 1. The van der Waals surface area contributed by atoms with Crippen LogP contribution in [-0.2, 0) is 6.54 Å². The van der Waals surface area contributed by atoms with Crippen LogP contribution >= 0.6 is 0 Å². The highest BCUT2D eigenvalue weighted by molar-refractivity contribution is 5.44. The highest BCUT2D eigenvalue weighted by atomic mass is 19.1. The van der Waals surface area contributed by atoms with Crippen LogP contribution in [-0.4, -0.2) is 19.1 Å². The van der Waals surface area contributed by atoms with E-state index in [0.717, 1.165) is 29.9 Å². The van der Waals surface area contributed by atoms with Gasteiger partial charge in [-0.05, 0) is 43.3 Å². The molecule has 1 unspecified atom stereocenters. The van der Waals surface area contributed by atoms with Crippen LogP contribution in [0.1, 0.15) is 30.6 Å². The molecule has 0 bridgehead atoms. The zero-order valence-electron chi connectivity index (χ0n) is 12.8. The van der Waals surface area contributed by atoms with Crippen molar-refractivity contribution >= 4 is 5.69 Å². The molecular formula is C17H22FN3. The van der Waals surface area contributed by atoms with E-state index in [-0.39, 0.29) is 5.82 Å². The van der Waals surface area contributed by atoms with Crippen LogP contribution in [0.15, 0.2) is 42.6 Å². The van der Waals surface area contributed by atoms with E-state index in [1.807, 2.05) is 32.4 Å². The summed E-state index contributed by atoms with van der Waals surface area (Å²) in [6.45, 7) is 2.86. The number of pyridine rings is 1. The molecule has 0 saturated heterocycles. The third kappa shape index (κ3) is 4.02. The largest absolute Gasteiger partial charge is 0.369 e. The average molecular weight is 287 g/mol. The summed E-state index contributed by atoms with van der Waals surface area (Å²) in [6, 6.07) is 11.0. The van der Waals surface area contributed by atoms with Crippen molar-refractivity contribution in [2.45, 2.75) is 25.9 Å². The van der Waals surface area contributed by atoms with Gasteiger partial charge < -0.3 is 10.2 Å². The molecule has 0 spiro atoms. The zero-order chi connectivity index (χ0) is 15.2. The Morgan fingerprint density at radius 3 is 2.43 bits per heavy atom. The van der Waals surface area contributed by atoms with Crippen molar-refractivity contribution in [2.75, 3.05) is 19.0 Å². The zero-order valence-corrected chi connectivity index (χ0v) is 12.8. The summed E-state index contributed by atoms with van der Waals surface area (Å²) in [6.07, 6.45) is 2.90. The third-order valence-corrected chi connectivity index (χ3v) is 3.66. The topological polar surface area (TPSA) is 28.2 Å². The van der Waals surface area contributed by atoms with Gasteiger partial charge in [-0.2, -0.15) is 0 Å². The average Bonchev–Trinajstić information content (AvgIpc) is 2.51. The smallest absolute Gasteiger partial charge is 0.123 e. The predicted octanol–water partition coefficient (Wildman–Crippen LogP) is 3.53. The maximum absolute atomic E-state index is 12.9. The number of nitrogens with one attached hydrogen (secondary N) is 1. The van der Waals surface area contributed by atoms with Crippen LogP contribution < -0.4 is 10.2 Å². The van der Waals surface area contributed by atoms with Gasteiger partial charge in [0.15, 0.2) is 0 Å². The second kappa shape index (κ2) is 7.18. The molecule has 1 aromatic heterocycles. The Bertz CT molecular complexity index is 547. The Labute approximate surface area is 125 Å². The quantitative estimate of drug-likeness (QED) is 0.881. The second-order valence-electron chi connectivity index (χ2n) is 5.17. The molecule has 2 rings (SSSR count). The van der Waals surface area contributed by atoms with Crippen molar-refractivity contribution in [1.29, 1.82) is 0 Å². The molecule has 0 fully saturated rings. The van der Waals surface area contributed by atoms with Gasteiger partial charge in [-0.25, -0.2) is 4.39 Å². The van der Waals surface area contributed by atoms with Crippen molar-refractivity contribution in [1.82, 2.24) is 10.3 Å². The van der Waals surface area contributed by atoms with E-state index in [4.69, 9.17) is 0 Å². The molecule has 1 atom stereocenters. The summed E-state index contributed by atoms with van der Waals surface area (Å²) >= 11 is 0. The fourth-order valence-corrected chi connectivity index (χ4v) is 2.35. The second-order valence-corrected chi connectivity index (χ2v) is 5.17. The van der Waals surface area contributed by atoms with Gasteiger partial charge >= 0.3 is 0 Å². The van der Waals surface area contributed by atoms with Gasteiger partial charge in [0.2, 0.25) is 0 Å². The highest BCUT2D eigenvalue weighted by Crippen LogP contribution is 2.19. The summed E-state index contributed by atoms with van der Waals surface area (Å²) in [5, 5.41) is 3.25. The minimum atomic E-state index is -0.204. The van der Waals surface area contributed by atoms with Crippen LogP contribution in [0.3, 0.4) is 0 Å². The molecule has 0 aliphatic carbocycles. The molecule has 2 aromatic rings. The van der Waals surface area contributed by atoms with Gasteiger partial charge in [0.1, 0.15) is 5.82 Å². The van der Waals surface area contributed by atoms with Crippen LogP contribution in [0.4, 0.5) is 10.1 Å². The first-order valence-corrected chi connectivity index (χ1v) is 7.22. The van der Waals surface area contributed by atoms with E-state index in [9.17, 15) is 4.39 Å². The van der Waals surface area contributed by atoms with E-state index in [2.05, 4.69) is 34.3 Å². The van der Waals surface area contributed by atoms with Crippen LogP contribution in [0.5, 0.6) is 0 Å². The number of nitrogens with zero attached hydrogens (tertiary/aromatic N) is 2. The van der Waals surface area contributed by atoms with E-state index >= 15 is 0 Å². The lowest BCUT2D eigenvalue weighted by atomic mass is 10.1. The summed E-state index contributed by atoms with van der Waals surface area (Å²) < 4.78 is 12.9. The van der Waals surface area contributed by atoms with Gasteiger partial charge in [-0.15, -0.1) is 0 Å². The lowest BCUT2D eigenvalue weighted by Gasteiger charge is -2.20. The molecule has 21 heavy (non-hydrogen) atoms. The first kappa shape index (κ1) is 15.4. The normalized spacial score (nSPS) is 12.2. The maximum Gasteiger partial charge on any atom is 0.123 e. The standard InChI is InChI=1S/C17H22FN3/c1-4-16(19-2)17-10-9-15(11-20-17)21(3)12-13-5-7-14(18)8-6-13/h5-11,16,19H,4,12H2,1-3H3. The molecule has 1 N–H and O–H groups in total. The van der Waals surface area contributed by atoms with Crippen LogP contribution in [0.25, 0.3) is 0 Å². The molecule has 3 nitrogen and oxygen atoms in total. The minimum absolute atomic E-state index is 0.204. The molecule has 4 heteroatoms. The molecule has 1 heterocycles. The fourth-order valence-electron chi connectivity index (χ4n) is 2.35. The SMILES string of the molecule is CCC(NC)c1ccc(N(C)Cc2ccc(F)cc2)cn1. The maximum atomic E-state index is 12.9. The van der Waals surface area contributed by atoms with E-state index in [1.165, 1.54) is 12.1 Å². The lowest BCUT2D eigenvalue weighted by molar-refractivity contribution is 0.561. The fraction of sp³-hybridized carbons (Fsp3) is 0.353. The molecule has 0 aliphatic rings. The van der Waals surface area contributed by atoms with Gasteiger partial charge in [0.05, 0.1) is 17.6 Å². The molecule has 0 saturated carbocycles. The Morgan fingerprint density at radius 1 is 1.19 bits per heavy atom. The van der Waals surface area contributed by atoms with Gasteiger partial charge in [0.25, 0.3) is 0 Å². The van der Waals surface area contributed by atoms with E-state index in [1.54, 1.807) is 0 Å². The van der Waals surface area contributed by atoms with Gasteiger partial charge in [0, 0.05) is 19.6 Å². The van der Waals surface area contributed by atoms with Gasteiger partial charge in [-0.3, -0.25) is 4.98 Å². The van der Waals surface area contributed by atoms with Crippen LogP contribution in [0.2, 0.25) is 0 Å². The number of aromatic nitrogens is 1. The Hall–Kier alpha value is -1.94. The van der Waals surface area contributed by atoms with Crippen molar-refractivity contribution in [3.8, 4) is 0 Å². The van der Waals surface area contributed by atoms with E-state index < -0.39 is 0 Å². The Kier molecular flexibility index (Phi) is 5.28. The highest BCUT2D eigenvalue weighted by Gasteiger charge is 2.09. The van der Waals surface area contributed by atoms with E-state index in [0.29, 0.717) is 6.04 Å². The summed E-state index contributed by atoms with van der Waals surface area (Å²) in [5.41, 5.74) is 3.18. The molecule has 0 aliphatic heterocycles. The first-order valence-electron chi connectivity index (χ1n) is 7.22. The number of hydrogen-bond acceptors (Lipinski definition) is 3. The number of benzene rings is 1. The Morgan fingerprint density at radius 2 is 1.90 bits per heavy atom. The van der Waals surface area contributed by atoms with Crippen molar-refractivity contribution < 1.29 is 4.39 Å². The van der Waals surface area contributed by atoms with Crippen molar-refractivity contribution in [2.24, 2.45) is 0 Å². The molecule has 0 amide bonds. The summed E-state index contributed by atoms with van der Waals surface area (Å²) in [5.74, 6) is -0.204. The molecule has 112 valence electrons. The number of halogens is 1. The summed E-state index contributed by atoms with van der Waals surface area (Å²) in [7, 11) is 3.96. The molecular weight excluding hydrogens is 265 g/mol. The van der Waals surface area contributed by atoms with Crippen molar-refractivity contribution in [3.05, 3.63) is 59.7 Å².